The van der Waals surface area contributed by atoms with Gasteiger partial charge in [-0.1, -0.05) is 11.8 Å². The average Bonchev–Trinajstić information content (AvgIpc) is 2.89. The zero-order valence-corrected chi connectivity index (χ0v) is 13.5. The summed E-state index contributed by atoms with van der Waals surface area (Å²) in [5.74, 6) is 6.88. The summed E-state index contributed by atoms with van der Waals surface area (Å²) in [6.45, 7) is 0.836. The molecule has 0 aliphatic heterocycles. The Labute approximate surface area is 137 Å². The van der Waals surface area contributed by atoms with Crippen molar-refractivity contribution in [2.45, 2.75) is 18.2 Å². The number of carboxylic acid groups (broad SMARTS) is 1. The number of methoxy groups -OCH3 is 1. The smallest absolute Gasteiger partial charge is 0.335 e. The average molecular weight is 338 g/mol. The van der Waals surface area contributed by atoms with Gasteiger partial charge in [0.05, 0.1) is 12.2 Å². The number of nitrogens with two attached hydrogens (primary N) is 1. The van der Waals surface area contributed by atoms with Crippen LogP contribution in [0, 0.1) is 0 Å². The number of aromatic carboxylic acids is 1. The molecule has 0 atom stereocenters. The molecule has 1 heterocycles. The summed E-state index contributed by atoms with van der Waals surface area (Å²) in [4.78, 5) is 10.7. The molecule has 0 unspecified atom stereocenters. The van der Waals surface area contributed by atoms with E-state index in [1.807, 2.05) is 0 Å². The number of hydrogen-bond acceptors (Lipinski definition) is 7. The minimum atomic E-state index is -0.952. The highest BCUT2D eigenvalue weighted by Gasteiger charge is 2.09. The maximum atomic E-state index is 10.7. The minimum absolute atomic E-state index is 0.238. The maximum Gasteiger partial charge on any atom is 0.335 e. The van der Waals surface area contributed by atoms with Crippen LogP contribution in [-0.2, 0) is 11.3 Å². The Bertz CT molecular complexity index is 645. The van der Waals surface area contributed by atoms with Crippen molar-refractivity contribution in [1.82, 2.24) is 14.9 Å². The van der Waals surface area contributed by atoms with E-state index in [0.29, 0.717) is 29.9 Å². The lowest BCUT2D eigenvalue weighted by atomic mass is 10.2. The van der Waals surface area contributed by atoms with Crippen LogP contribution in [0.3, 0.4) is 0 Å². The Balaban J connectivity index is 1.70. The van der Waals surface area contributed by atoms with E-state index in [-0.39, 0.29) is 5.56 Å². The quantitative estimate of drug-likeness (QED) is 0.401. The SMILES string of the molecule is COCc1nnc(SCCCOc2ccc(C(=O)O)cc2)n1N. The predicted molar refractivity (Wildman–Crippen MR) is 85.1 cm³/mol. The van der Waals surface area contributed by atoms with Crippen molar-refractivity contribution in [3.8, 4) is 5.75 Å². The van der Waals surface area contributed by atoms with Gasteiger partial charge in [0.1, 0.15) is 12.4 Å². The van der Waals surface area contributed by atoms with Crippen molar-refractivity contribution in [1.29, 1.82) is 0 Å². The second-order valence-corrected chi connectivity index (χ2v) is 5.64. The Morgan fingerprint density at radius 2 is 2.09 bits per heavy atom. The third-order valence-corrected chi connectivity index (χ3v) is 3.93. The molecule has 0 spiro atoms. The third-order valence-electron chi connectivity index (χ3n) is 2.90. The van der Waals surface area contributed by atoms with Gasteiger partial charge >= 0.3 is 5.97 Å². The highest BCUT2D eigenvalue weighted by Crippen LogP contribution is 2.17. The van der Waals surface area contributed by atoms with Crippen molar-refractivity contribution in [3.63, 3.8) is 0 Å². The normalized spacial score (nSPS) is 10.7. The molecule has 0 amide bonds. The molecule has 0 fully saturated rings. The number of rotatable bonds is 9. The molecule has 0 aliphatic rings. The first-order chi connectivity index (χ1) is 11.1. The van der Waals surface area contributed by atoms with Crippen molar-refractivity contribution >= 4 is 17.7 Å². The van der Waals surface area contributed by atoms with E-state index in [9.17, 15) is 4.79 Å². The lowest BCUT2D eigenvalue weighted by Gasteiger charge is -2.06. The number of thioether (sulfide) groups is 1. The van der Waals surface area contributed by atoms with Crippen LogP contribution in [-0.4, -0.2) is 45.4 Å². The van der Waals surface area contributed by atoms with E-state index in [2.05, 4.69) is 10.2 Å². The molecule has 2 rings (SSSR count). The summed E-state index contributed by atoms with van der Waals surface area (Å²) in [5.41, 5.74) is 0.238. The molecule has 3 N–H and O–H groups in total. The van der Waals surface area contributed by atoms with E-state index in [0.717, 1.165) is 12.2 Å². The molecule has 0 bridgehead atoms. The van der Waals surface area contributed by atoms with Crippen LogP contribution >= 0.6 is 11.8 Å². The van der Waals surface area contributed by atoms with Gasteiger partial charge in [-0.2, -0.15) is 0 Å². The second-order valence-electron chi connectivity index (χ2n) is 4.58. The van der Waals surface area contributed by atoms with E-state index in [1.165, 1.54) is 28.6 Å². The van der Waals surface area contributed by atoms with Gasteiger partial charge in [0, 0.05) is 12.9 Å². The number of nitrogens with zero attached hydrogens (tertiary/aromatic N) is 3. The number of hydrogen-bond donors (Lipinski definition) is 2. The van der Waals surface area contributed by atoms with Gasteiger partial charge in [0.25, 0.3) is 0 Å². The van der Waals surface area contributed by atoms with Crippen LogP contribution in [0.1, 0.15) is 22.6 Å². The number of benzene rings is 1. The third kappa shape index (κ3) is 4.86. The lowest BCUT2D eigenvalue weighted by molar-refractivity contribution is 0.0697. The summed E-state index contributed by atoms with van der Waals surface area (Å²) in [5, 5.41) is 17.4. The number of carboxylic acids is 1. The van der Waals surface area contributed by atoms with E-state index < -0.39 is 5.97 Å². The zero-order valence-electron chi connectivity index (χ0n) is 12.6. The summed E-state index contributed by atoms with van der Waals surface area (Å²) in [6, 6.07) is 6.32. The second kappa shape index (κ2) is 8.39. The van der Waals surface area contributed by atoms with Gasteiger partial charge < -0.3 is 20.4 Å². The summed E-state index contributed by atoms with van der Waals surface area (Å²) in [7, 11) is 1.57. The maximum absolute atomic E-state index is 10.7. The molecular formula is C14H18N4O4S. The molecule has 2 aromatic rings. The van der Waals surface area contributed by atoms with Gasteiger partial charge in [0.15, 0.2) is 5.82 Å². The number of carbonyl (C=O) groups is 1. The standard InChI is InChI=1S/C14H18N4O4S/c1-21-9-12-16-17-14(18(12)15)23-8-2-7-22-11-5-3-10(4-6-11)13(19)20/h3-6H,2,7-9,15H2,1H3,(H,19,20). The van der Waals surface area contributed by atoms with E-state index in [4.69, 9.17) is 20.4 Å². The monoisotopic (exact) mass is 338 g/mol. The Kier molecular flexibility index (Phi) is 6.24. The molecule has 1 aromatic carbocycles. The molecule has 8 nitrogen and oxygen atoms in total. The van der Waals surface area contributed by atoms with Crippen molar-refractivity contribution in [3.05, 3.63) is 35.7 Å². The minimum Gasteiger partial charge on any atom is -0.494 e. The number of ether oxygens (including phenoxy) is 2. The van der Waals surface area contributed by atoms with Gasteiger partial charge in [-0.05, 0) is 30.7 Å². The largest absolute Gasteiger partial charge is 0.494 e. The summed E-state index contributed by atoms with van der Waals surface area (Å²) in [6.07, 6.45) is 0.790. The van der Waals surface area contributed by atoms with Crippen molar-refractivity contribution in [2.24, 2.45) is 0 Å². The van der Waals surface area contributed by atoms with Crippen LogP contribution in [0.2, 0.25) is 0 Å². The fourth-order valence-electron chi connectivity index (χ4n) is 1.74. The van der Waals surface area contributed by atoms with Crippen molar-refractivity contribution < 1.29 is 19.4 Å². The van der Waals surface area contributed by atoms with Gasteiger partial charge in [-0.15, -0.1) is 10.2 Å². The lowest BCUT2D eigenvalue weighted by Crippen LogP contribution is -2.14. The molecule has 0 saturated heterocycles. The van der Waals surface area contributed by atoms with Gasteiger partial charge in [-0.25, -0.2) is 9.47 Å². The van der Waals surface area contributed by atoms with Gasteiger partial charge in [-0.3, -0.25) is 0 Å². The van der Waals surface area contributed by atoms with Crippen molar-refractivity contribution in [2.75, 3.05) is 25.3 Å². The number of nitrogen functional groups attached to an aromatic ring is 1. The topological polar surface area (TPSA) is 112 Å². The van der Waals surface area contributed by atoms with Crippen LogP contribution in [0.25, 0.3) is 0 Å². The predicted octanol–water partition coefficient (Wildman–Crippen LogP) is 1.40. The van der Waals surface area contributed by atoms with Gasteiger partial charge in [0.2, 0.25) is 5.16 Å². The Morgan fingerprint density at radius 1 is 1.35 bits per heavy atom. The summed E-state index contributed by atoms with van der Waals surface area (Å²) < 4.78 is 11.9. The van der Waals surface area contributed by atoms with E-state index in [1.54, 1.807) is 19.2 Å². The molecule has 1 aromatic heterocycles. The fourth-order valence-corrected chi connectivity index (χ4v) is 2.53. The highest BCUT2D eigenvalue weighted by atomic mass is 32.2. The Morgan fingerprint density at radius 3 is 2.74 bits per heavy atom. The first-order valence-corrected chi connectivity index (χ1v) is 7.87. The van der Waals surface area contributed by atoms with Crippen LogP contribution < -0.4 is 10.6 Å². The Hall–Kier alpha value is -2.26. The van der Waals surface area contributed by atoms with Crippen LogP contribution in [0.15, 0.2) is 29.4 Å². The molecular weight excluding hydrogens is 320 g/mol. The highest BCUT2D eigenvalue weighted by molar-refractivity contribution is 7.99. The first kappa shape index (κ1) is 17.1. The fraction of sp³-hybridized carbons (Fsp3) is 0.357. The zero-order chi connectivity index (χ0) is 16.7. The first-order valence-electron chi connectivity index (χ1n) is 6.89. The molecule has 23 heavy (non-hydrogen) atoms. The number of aromatic nitrogens is 3. The molecule has 0 saturated carbocycles. The molecule has 0 radical (unpaired) electrons. The molecule has 124 valence electrons. The molecule has 0 aliphatic carbocycles. The van der Waals surface area contributed by atoms with Crippen LogP contribution in [0.5, 0.6) is 5.75 Å². The van der Waals surface area contributed by atoms with E-state index >= 15 is 0 Å². The van der Waals surface area contributed by atoms with Crippen LogP contribution in [0.4, 0.5) is 0 Å². The molecule has 9 heteroatoms. The summed E-state index contributed by atoms with van der Waals surface area (Å²) >= 11 is 1.49.